The molecule has 0 aliphatic carbocycles. The second-order valence-electron chi connectivity index (χ2n) is 4.03. The number of fused-ring (bicyclic) bond motifs is 2. The summed E-state index contributed by atoms with van der Waals surface area (Å²) in [7, 11) is 0. The molecular weight excluding hydrogens is 268 g/mol. The molecule has 1 aromatic carbocycles. The lowest BCUT2D eigenvalue weighted by Gasteiger charge is -2.17. The molecule has 1 aromatic heterocycles. The summed E-state index contributed by atoms with van der Waals surface area (Å²) in [6.07, 6.45) is 0.896. The second kappa shape index (κ2) is 3.71. The summed E-state index contributed by atoms with van der Waals surface area (Å²) in [6.45, 7) is 1.61. The molecule has 2 aromatic rings. The molecule has 2 N–H and O–H groups in total. The monoisotopic (exact) mass is 278 g/mol. The van der Waals surface area contributed by atoms with E-state index >= 15 is 0 Å². The van der Waals surface area contributed by atoms with Crippen molar-refractivity contribution in [3.05, 3.63) is 44.2 Å². The maximum Gasteiger partial charge on any atom is 0.194 e. The van der Waals surface area contributed by atoms with Gasteiger partial charge in [0.1, 0.15) is 0 Å². The molecule has 0 spiro atoms. The first-order valence-electron chi connectivity index (χ1n) is 5.30. The van der Waals surface area contributed by atoms with Gasteiger partial charge in [0, 0.05) is 40.6 Å². The number of aromatic nitrogens is 1. The molecule has 3 nitrogen and oxygen atoms in total. The number of rotatable bonds is 0. The number of hydrogen-bond donors (Lipinski definition) is 2. The molecule has 4 heteroatoms. The molecule has 0 saturated heterocycles. The van der Waals surface area contributed by atoms with Gasteiger partial charge in [0.15, 0.2) is 5.43 Å². The number of aromatic amines is 1. The molecule has 1 aliphatic rings. The number of benzene rings is 1. The first-order chi connectivity index (χ1) is 7.75. The van der Waals surface area contributed by atoms with Crippen LogP contribution in [0.4, 0.5) is 0 Å². The van der Waals surface area contributed by atoms with E-state index in [1.807, 2.05) is 18.2 Å². The fourth-order valence-corrected chi connectivity index (χ4v) is 2.54. The molecule has 0 fully saturated rings. The maximum absolute atomic E-state index is 12.2. The first kappa shape index (κ1) is 10.1. The third-order valence-electron chi connectivity index (χ3n) is 3.00. The van der Waals surface area contributed by atoms with E-state index < -0.39 is 0 Å². The van der Waals surface area contributed by atoms with Gasteiger partial charge in [0.25, 0.3) is 0 Å². The fourth-order valence-electron chi connectivity index (χ4n) is 2.18. The largest absolute Gasteiger partial charge is 0.358 e. The third-order valence-corrected chi connectivity index (χ3v) is 3.50. The zero-order valence-electron chi connectivity index (χ0n) is 8.64. The molecule has 82 valence electrons. The minimum Gasteiger partial charge on any atom is -0.358 e. The number of halogens is 1. The Bertz CT molecular complexity index is 618. The number of hydrogen-bond acceptors (Lipinski definition) is 2. The zero-order chi connectivity index (χ0) is 11.1. The van der Waals surface area contributed by atoms with Gasteiger partial charge in [-0.15, -0.1) is 0 Å². The SMILES string of the molecule is O=c1c2c([nH]c3cc(Br)ccc13)CCNC2. The van der Waals surface area contributed by atoms with Gasteiger partial charge in [-0.3, -0.25) is 4.79 Å². The van der Waals surface area contributed by atoms with E-state index in [9.17, 15) is 4.79 Å². The molecule has 0 saturated carbocycles. The van der Waals surface area contributed by atoms with Crippen LogP contribution in [0.1, 0.15) is 11.3 Å². The molecule has 0 bridgehead atoms. The maximum atomic E-state index is 12.2. The number of nitrogens with one attached hydrogen (secondary N) is 2. The van der Waals surface area contributed by atoms with Gasteiger partial charge in [-0.1, -0.05) is 15.9 Å². The molecule has 3 rings (SSSR count). The minimum atomic E-state index is 0.156. The van der Waals surface area contributed by atoms with Crippen molar-refractivity contribution >= 4 is 26.8 Å². The van der Waals surface area contributed by atoms with E-state index in [-0.39, 0.29) is 5.43 Å². The number of pyridine rings is 1. The fraction of sp³-hybridized carbons (Fsp3) is 0.250. The highest BCUT2D eigenvalue weighted by atomic mass is 79.9. The summed E-state index contributed by atoms with van der Waals surface area (Å²) in [5.74, 6) is 0. The van der Waals surface area contributed by atoms with Crippen LogP contribution in [0.5, 0.6) is 0 Å². The Morgan fingerprint density at radius 2 is 2.19 bits per heavy atom. The molecule has 0 atom stereocenters. The quantitative estimate of drug-likeness (QED) is 0.774. The van der Waals surface area contributed by atoms with Crippen molar-refractivity contribution < 1.29 is 0 Å². The Hall–Kier alpha value is -1.13. The van der Waals surface area contributed by atoms with Crippen molar-refractivity contribution in [1.82, 2.24) is 10.3 Å². The molecule has 1 aliphatic heterocycles. The van der Waals surface area contributed by atoms with Crippen molar-refractivity contribution in [2.24, 2.45) is 0 Å². The van der Waals surface area contributed by atoms with Crippen LogP contribution in [0.3, 0.4) is 0 Å². The van der Waals surface area contributed by atoms with Crippen LogP contribution in [-0.2, 0) is 13.0 Å². The Morgan fingerprint density at radius 1 is 1.31 bits per heavy atom. The normalized spacial score (nSPS) is 15.1. The van der Waals surface area contributed by atoms with Crippen LogP contribution in [0.25, 0.3) is 10.9 Å². The lowest BCUT2D eigenvalue weighted by atomic mass is 10.0. The van der Waals surface area contributed by atoms with E-state index in [1.165, 1.54) is 0 Å². The Morgan fingerprint density at radius 3 is 3.06 bits per heavy atom. The lowest BCUT2D eigenvalue weighted by Crippen LogP contribution is -2.30. The van der Waals surface area contributed by atoms with Crippen molar-refractivity contribution in [1.29, 1.82) is 0 Å². The predicted octanol–water partition coefficient (Wildman–Crippen LogP) is 1.94. The van der Waals surface area contributed by atoms with Crippen LogP contribution >= 0.6 is 15.9 Å². The highest BCUT2D eigenvalue weighted by molar-refractivity contribution is 9.10. The summed E-state index contributed by atoms with van der Waals surface area (Å²) < 4.78 is 0.990. The third kappa shape index (κ3) is 1.49. The first-order valence-corrected chi connectivity index (χ1v) is 6.09. The molecule has 0 unspecified atom stereocenters. The Kier molecular flexibility index (Phi) is 2.33. The average Bonchev–Trinajstić information content (AvgIpc) is 2.29. The Labute approximate surface area is 101 Å². The summed E-state index contributed by atoms with van der Waals surface area (Å²) in [4.78, 5) is 15.6. The zero-order valence-corrected chi connectivity index (χ0v) is 10.2. The van der Waals surface area contributed by atoms with E-state index in [1.54, 1.807) is 0 Å². The van der Waals surface area contributed by atoms with Gasteiger partial charge in [0.05, 0.1) is 5.52 Å². The van der Waals surface area contributed by atoms with Crippen molar-refractivity contribution in [3.8, 4) is 0 Å². The predicted molar refractivity (Wildman–Crippen MR) is 67.7 cm³/mol. The second-order valence-corrected chi connectivity index (χ2v) is 4.94. The van der Waals surface area contributed by atoms with Gasteiger partial charge in [-0.2, -0.15) is 0 Å². The van der Waals surface area contributed by atoms with Crippen molar-refractivity contribution in [3.63, 3.8) is 0 Å². The standard InChI is InChI=1S/C12H11BrN2O/c13-7-1-2-8-11(5-7)15-10-3-4-14-6-9(10)12(8)16/h1-2,5,14H,3-4,6H2,(H,15,16). The van der Waals surface area contributed by atoms with Gasteiger partial charge in [0.2, 0.25) is 0 Å². The van der Waals surface area contributed by atoms with Gasteiger partial charge in [-0.05, 0) is 18.2 Å². The van der Waals surface area contributed by atoms with E-state index in [4.69, 9.17) is 0 Å². The van der Waals surface area contributed by atoms with Crippen molar-refractivity contribution in [2.75, 3.05) is 6.54 Å². The Balaban J connectivity index is 2.39. The van der Waals surface area contributed by atoms with Crippen LogP contribution in [0.15, 0.2) is 27.5 Å². The molecular formula is C12H11BrN2O. The molecule has 16 heavy (non-hydrogen) atoms. The molecule has 0 radical (unpaired) electrons. The van der Waals surface area contributed by atoms with Crippen LogP contribution < -0.4 is 10.7 Å². The van der Waals surface area contributed by atoms with Crippen molar-refractivity contribution in [2.45, 2.75) is 13.0 Å². The summed E-state index contributed by atoms with van der Waals surface area (Å²) >= 11 is 3.42. The molecule has 0 amide bonds. The summed E-state index contributed by atoms with van der Waals surface area (Å²) in [6, 6.07) is 5.73. The minimum absolute atomic E-state index is 0.156. The molecule has 2 heterocycles. The van der Waals surface area contributed by atoms with Crippen LogP contribution in [0, 0.1) is 0 Å². The van der Waals surface area contributed by atoms with Crippen LogP contribution in [-0.4, -0.2) is 11.5 Å². The summed E-state index contributed by atoms with van der Waals surface area (Å²) in [5.41, 5.74) is 3.04. The topological polar surface area (TPSA) is 44.9 Å². The van der Waals surface area contributed by atoms with Crippen LogP contribution in [0.2, 0.25) is 0 Å². The summed E-state index contributed by atoms with van der Waals surface area (Å²) in [5, 5.41) is 4.00. The highest BCUT2D eigenvalue weighted by Crippen LogP contribution is 2.18. The van der Waals surface area contributed by atoms with Gasteiger partial charge >= 0.3 is 0 Å². The van der Waals surface area contributed by atoms with Gasteiger partial charge < -0.3 is 10.3 Å². The highest BCUT2D eigenvalue weighted by Gasteiger charge is 2.14. The lowest BCUT2D eigenvalue weighted by molar-refractivity contribution is 0.629. The van der Waals surface area contributed by atoms with Gasteiger partial charge in [-0.25, -0.2) is 0 Å². The smallest absolute Gasteiger partial charge is 0.194 e. The van der Waals surface area contributed by atoms with E-state index in [2.05, 4.69) is 26.2 Å². The van der Waals surface area contributed by atoms with E-state index in [0.717, 1.165) is 39.6 Å². The average molecular weight is 279 g/mol. The number of H-pyrrole nitrogens is 1. The van der Waals surface area contributed by atoms with E-state index in [0.29, 0.717) is 6.54 Å².